The Morgan fingerprint density at radius 2 is 1.82 bits per heavy atom. The van der Waals surface area contributed by atoms with E-state index in [2.05, 4.69) is 15.5 Å². The van der Waals surface area contributed by atoms with Crippen molar-refractivity contribution in [2.75, 3.05) is 12.4 Å². The third-order valence-electron chi connectivity index (χ3n) is 3.49. The fourth-order valence-electron chi connectivity index (χ4n) is 2.10. The number of hydrogen-bond acceptors (Lipinski definition) is 7. The van der Waals surface area contributed by atoms with E-state index < -0.39 is 23.5 Å². The van der Waals surface area contributed by atoms with Gasteiger partial charge in [0.15, 0.2) is 16.6 Å². The largest absolute Gasteiger partial charge is 0.497 e. The van der Waals surface area contributed by atoms with Crippen LogP contribution in [0.3, 0.4) is 0 Å². The van der Waals surface area contributed by atoms with Crippen molar-refractivity contribution < 1.29 is 27.8 Å². The van der Waals surface area contributed by atoms with Crippen LogP contribution in [-0.4, -0.2) is 29.2 Å². The number of halogens is 2. The van der Waals surface area contributed by atoms with Crippen LogP contribution in [0.5, 0.6) is 5.75 Å². The van der Waals surface area contributed by atoms with Crippen LogP contribution in [0.25, 0.3) is 0 Å². The highest BCUT2D eigenvalue weighted by Gasteiger charge is 2.16. The van der Waals surface area contributed by atoms with Gasteiger partial charge in [-0.3, -0.25) is 4.79 Å². The zero-order valence-electron chi connectivity index (χ0n) is 14.4. The molecule has 0 fully saturated rings. The van der Waals surface area contributed by atoms with Crippen molar-refractivity contribution in [3.63, 3.8) is 0 Å². The first-order valence-corrected chi connectivity index (χ1v) is 8.68. The number of carbonyl (C=O) groups is 2. The van der Waals surface area contributed by atoms with E-state index >= 15 is 0 Å². The molecule has 0 aliphatic carbocycles. The molecule has 1 N–H and O–H groups in total. The molecule has 0 spiro atoms. The number of aromatic nitrogens is 2. The molecule has 0 atom stereocenters. The molecule has 1 amide bonds. The first-order valence-electron chi connectivity index (χ1n) is 7.86. The van der Waals surface area contributed by atoms with Crippen molar-refractivity contribution in [1.82, 2.24) is 10.2 Å². The highest BCUT2D eigenvalue weighted by Crippen LogP contribution is 2.18. The van der Waals surface area contributed by atoms with Gasteiger partial charge in [0, 0.05) is 5.69 Å². The molecule has 2 aromatic carbocycles. The maximum Gasteiger partial charge on any atom is 0.338 e. The first kappa shape index (κ1) is 19.4. The second-order valence-corrected chi connectivity index (χ2v) is 6.45. The van der Waals surface area contributed by atoms with E-state index in [0.717, 1.165) is 29.5 Å². The Hall–Kier alpha value is -3.40. The van der Waals surface area contributed by atoms with Gasteiger partial charge in [0.25, 0.3) is 5.91 Å². The molecule has 0 aliphatic heterocycles. The van der Waals surface area contributed by atoms with E-state index in [9.17, 15) is 18.4 Å². The Kier molecular flexibility index (Phi) is 5.90. The van der Waals surface area contributed by atoms with E-state index in [0.29, 0.717) is 11.4 Å². The molecule has 0 saturated heterocycles. The fraction of sp³-hybridized carbons (Fsp3) is 0.111. The second kappa shape index (κ2) is 8.53. The zero-order valence-corrected chi connectivity index (χ0v) is 15.3. The van der Waals surface area contributed by atoms with E-state index in [1.807, 2.05) is 0 Å². The number of hydrogen-bond donors (Lipinski definition) is 1. The summed E-state index contributed by atoms with van der Waals surface area (Å²) in [5, 5.41) is 10.5. The third-order valence-corrected chi connectivity index (χ3v) is 4.39. The number of rotatable bonds is 6. The second-order valence-electron chi connectivity index (χ2n) is 5.39. The maximum absolute atomic E-state index is 13.2. The van der Waals surface area contributed by atoms with E-state index in [-0.39, 0.29) is 22.2 Å². The number of benzene rings is 2. The SMILES string of the molecule is COc1ccc(NC(=O)c2nnc(COC(=O)c3ccc(F)c(F)c3)s2)cc1. The van der Waals surface area contributed by atoms with Crippen molar-refractivity contribution in [2.24, 2.45) is 0 Å². The number of anilines is 1. The van der Waals surface area contributed by atoms with Crippen molar-refractivity contribution >= 4 is 28.9 Å². The van der Waals surface area contributed by atoms with Gasteiger partial charge < -0.3 is 14.8 Å². The molecule has 1 aromatic heterocycles. The van der Waals surface area contributed by atoms with Gasteiger partial charge in [-0.15, -0.1) is 10.2 Å². The lowest BCUT2D eigenvalue weighted by Crippen LogP contribution is -2.11. The Bertz CT molecular complexity index is 1010. The summed E-state index contributed by atoms with van der Waals surface area (Å²) < 4.78 is 36.1. The molecule has 7 nitrogen and oxygen atoms in total. The molecule has 3 aromatic rings. The van der Waals surface area contributed by atoms with Gasteiger partial charge in [-0.2, -0.15) is 0 Å². The van der Waals surface area contributed by atoms with Gasteiger partial charge in [0.05, 0.1) is 12.7 Å². The fourth-order valence-corrected chi connectivity index (χ4v) is 2.74. The Morgan fingerprint density at radius 1 is 1.07 bits per heavy atom. The van der Waals surface area contributed by atoms with Gasteiger partial charge in [-0.05, 0) is 42.5 Å². The zero-order chi connectivity index (χ0) is 20.1. The topological polar surface area (TPSA) is 90.4 Å². The molecule has 0 saturated carbocycles. The minimum Gasteiger partial charge on any atom is -0.497 e. The summed E-state index contributed by atoms with van der Waals surface area (Å²) in [4.78, 5) is 24.1. The molecule has 1 heterocycles. The molecule has 0 unspecified atom stereocenters. The van der Waals surface area contributed by atoms with E-state index in [1.54, 1.807) is 24.3 Å². The monoisotopic (exact) mass is 405 g/mol. The number of esters is 1. The molecule has 28 heavy (non-hydrogen) atoms. The first-order chi connectivity index (χ1) is 13.5. The molecular weight excluding hydrogens is 392 g/mol. The molecule has 0 radical (unpaired) electrons. The van der Waals surface area contributed by atoms with Crippen molar-refractivity contribution in [3.05, 3.63) is 69.7 Å². The van der Waals surface area contributed by atoms with Gasteiger partial charge in [0.1, 0.15) is 12.4 Å². The minimum absolute atomic E-state index is 0.0784. The van der Waals surface area contributed by atoms with Crippen LogP contribution < -0.4 is 10.1 Å². The standard InChI is InChI=1S/C18H13F2N3O4S/c1-26-12-5-3-11(4-6-12)21-16(24)17-23-22-15(28-17)9-27-18(25)10-2-7-13(19)14(20)8-10/h2-8H,9H2,1H3,(H,21,24). The minimum atomic E-state index is -1.15. The summed E-state index contributed by atoms with van der Waals surface area (Å²) in [5.41, 5.74) is 0.410. The van der Waals surface area contributed by atoms with Crippen LogP contribution >= 0.6 is 11.3 Å². The summed E-state index contributed by atoms with van der Waals surface area (Å²) in [7, 11) is 1.54. The summed E-state index contributed by atoms with van der Waals surface area (Å²) in [6, 6.07) is 9.40. The van der Waals surface area contributed by atoms with Crippen LogP contribution in [-0.2, 0) is 11.3 Å². The summed E-state index contributed by atoms with van der Waals surface area (Å²) in [5.74, 6) is -2.88. The third kappa shape index (κ3) is 4.65. The molecule has 0 aliphatic rings. The summed E-state index contributed by atoms with van der Waals surface area (Å²) in [6.07, 6.45) is 0. The van der Waals surface area contributed by atoms with Gasteiger partial charge in [0.2, 0.25) is 5.01 Å². The van der Waals surface area contributed by atoms with Gasteiger partial charge in [-0.1, -0.05) is 11.3 Å². The number of amides is 1. The highest BCUT2D eigenvalue weighted by molar-refractivity contribution is 7.13. The number of nitrogens with one attached hydrogen (secondary N) is 1. The lowest BCUT2D eigenvalue weighted by molar-refractivity contribution is 0.0471. The Labute approximate surface area is 161 Å². The normalized spacial score (nSPS) is 10.4. The Balaban J connectivity index is 1.57. The van der Waals surface area contributed by atoms with Crippen molar-refractivity contribution in [1.29, 1.82) is 0 Å². The van der Waals surface area contributed by atoms with Crippen LogP contribution in [0.15, 0.2) is 42.5 Å². The average Bonchev–Trinajstić information content (AvgIpc) is 3.18. The Morgan fingerprint density at radius 3 is 2.50 bits per heavy atom. The quantitative estimate of drug-likeness (QED) is 0.632. The number of nitrogens with zero attached hydrogens (tertiary/aromatic N) is 2. The summed E-state index contributed by atoms with van der Waals surface area (Å²) >= 11 is 0.940. The lowest BCUT2D eigenvalue weighted by Gasteiger charge is -2.04. The van der Waals surface area contributed by atoms with E-state index in [4.69, 9.17) is 9.47 Å². The molecule has 0 bridgehead atoms. The van der Waals surface area contributed by atoms with Crippen LogP contribution in [0.1, 0.15) is 25.2 Å². The van der Waals surface area contributed by atoms with Crippen molar-refractivity contribution in [3.8, 4) is 5.75 Å². The van der Waals surface area contributed by atoms with Crippen LogP contribution in [0.4, 0.5) is 14.5 Å². The number of ether oxygens (including phenoxy) is 2. The number of methoxy groups -OCH3 is 1. The van der Waals surface area contributed by atoms with Crippen LogP contribution in [0.2, 0.25) is 0 Å². The highest BCUT2D eigenvalue weighted by atomic mass is 32.1. The maximum atomic E-state index is 13.2. The smallest absolute Gasteiger partial charge is 0.338 e. The summed E-state index contributed by atoms with van der Waals surface area (Å²) in [6.45, 7) is -0.259. The van der Waals surface area contributed by atoms with E-state index in [1.165, 1.54) is 7.11 Å². The molecule has 144 valence electrons. The van der Waals surface area contributed by atoms with Gasteiger partial charge >= 0.3 is 5.97 Å². The average molecular weight is 405 g/mol. The number of carbonyl (C=O) groups excluding carboxylic acids is 2. The predicted octanol–water partition coefficient (Wildman–Crippen LogP) is 3.43. The van der Waals surface area contributed by atoms with Crippen LogP contribution in [0, 0.1) is 11.6 Å². The lowest BCUT2D eigenvalue weighted by atomic mass is 10.2. The predicted molar refractivity (Wildman–Crippen MR) is 96.3 cm³/mol. The molecule has 3 rings (SSSR count). The van der Waals surface area contributed by atoms with Gasteiger partial charge in [-0.25, -0.2) is 13.6 Å². The molecular formula is C18H13F2N3O4S. The molecule has 10 heteroatoms. The van der Waals surface area contributed by atoms with Crippen molar-refractivity contribution in [2.45, 2.75) is 6.61 Å².